The zero-order valence-corrected chi connectivity index (χ0v) is 12.6. The predicted octanol–water partition coefficient (Wildman–Crippen LogP) is 2.89. The maximum absolute atomic E-state index is 6.22. The van der Waals surface area contributed by atoms with Gasteiger partial charge in [0.15, 0.2) is 0 Å². The van der Waals surface area contributed by atoms with Crippen LogP contribution in [0.15, 0.2) is 23.6 Å². The van der Waals surface area contributed by atoms with Gasteiger partial charge in [0.25, 0.3) is 0 Å². The van der Waals surface area contributed by atoms with Gasteiger partial charge in [-0.25, -0.2) is 4.98 Å². The highest BCUT2D eigenvalue weighted by Gasteiger charge is 2.13. The fourth-order valence-corrected chi connectivity index (χ4v) is 3.44. The first-order chi connectivity index (χ1) is 9.70. The minimum absolute atomic E-state index is 0.185. The van der Waals surface area contributed by atoms with E-state index in [1.54, 1.807) is 11.3 Å². The van der Waals surface area contributed by atoms with Crippen LogP contribution < -0.4 is 10.5 Å². The molecular weight excluding hydrogens is 268 g/mol. The zero-order valence-electron chi connectivity index (χ0n) is 11.8. The van der Waals surface area contributed by atoms with Crippen LogP contribution in [0.5, 0.6) is 5.75 Å². The molecule has 20 heavy (non-hydrogen) atoms. The van der Waals surface area contributed by atoms with Crippen LogP contribution in [0.3, 0.4) is 0 Å². The number of aromatic nitrogens is 1. The highest BCUT2D eigenvalue weighted by atomic mass is 32.1. The van der Waals surface area contributed by atoms with E-state index in [4.69, 9.17) is 10.5 Å². The van der Waals surface area contributed by atoms with Gasteiger partial charge in [-0.2, -0.15) is 0 Å². The summed E-state index contributed by atoms with van der Waals surface area (Å²) in [6, 6.07) is 6.70. The fourth-order valence-electron chi connectivity index (χ4n) is 2.57. The summed E-state index contributed by atoms with van der Waals surface area (Å²) in [4.78, 5) is 4.47. The third kappa shape index (κ3) is 3.19. The number of aryl methyl sites for hydroxylation is 2. The van der Waals surface area contributed by atoms with E-state index >= 15 is 0 Å². The van der Waals surface area contributed by atoms with Gasteiger partial charge in [0.2, 0.25) is 0 Å². The summed E-state index contributed by atoms with van der Waals surface area (Å²) in [7, 11) is 0. The Hall–Kier alpha value is -1.39. The third-order valence-corrected chi connectivity index (χ3v) is 4.65. The van der Waals surface area contributed by atoms with Gasteiger partial charge in [0.1, 0.15) is 5.75 Å². The van der Waals surface area contributed by atoms with Crippen LogP contribution in [0.25, 0.3) is 0 Å². The Balaban J connectivity index is 1.53. The average Bonchev–Trinajstić information content (AvgIpc) is 3.04. The highest BCUT2D eigenvalue weighted by molar-refractivity contribution is 7.09. The number of nitrogens with zero attached hydrogens (tertiary/aromatic N) is 1. The van der Waals surface area contributed by atoms with Crippen LogP contribution in [0.1, 0.15) is 28.2 Å². The topological polar surface area (TPSA) is 48.1 Å². The molecule has 0 amide bonds. The first-order valence-electron chi connectivity index (χ1n) is 7.12. The number of hydrogen-bond acceptors (Lipinski definition) is 4. The summed E-state index contributed by atoms with van der Waals surface area (Å²) in [5.74, 6) is 1.05. The maximum Gasteiger partial charge on any atom is 0.122 e. The molecule has 0 fully saturated rings. The number of benzene rings is 1. The highest BCUT2D eigenvalue weighted by Crippen LogP contribution is 2.26. The second kappa shape index (κ2) is 5.94. The van der Waals surface area contributed by atoms with Crippen molar-refractivity contribution in [1.29, 1.82) is 0 Å². The average molecular weight is 288 g/mol. The summed E-state index contributed by atoms with van der Waals surface area (Å²) in [5, 5.41) is 3.24. The van der Waals surface area contributed by atoms with E-state index in [1.165, 1.54) is 11.1 Å². The van der Waals surface area contributed by atoms with Gasteiger partial charge in [0.05, 0.1) is 11.6 Å². The molecule has 106 valence electrons. The third-order valence-electron chi connectivity index (χ3n) is 3.66. The quantitative estimate of drug-likeness (QED) is 0.920. The molecule has 3 rings (SSSR count). The molecule has 4 heteroatoms. The molecule has 1 aliphatic heterocycles. The monoisotopic (exact) mass is 288 g/mol. The van der Waals surface area contributed by atoms with Crippen molar-refractivity contribution in [2.24, 2.45) is 5.73 Å². The molecule has 0 spiro atoms. The van der Waals surface area contributed by atoms with Crippen LogP contribution in [0.4, 0.5) is 0 Å². The minimum atomic E-state index is 0.185. The van der Waals surface area contributed by atoms with Crippen molar-refractivity contribution in [3.8, 4) is 5.75 Å². The van der Waals surface area contributed by atoms with Gasteiger partial charge in [-0.15, -0.1) is 11.3 Å². The van der Waals surface area contributed by atoms with Crippen molar-refractivity contribution < 1.29 is 4.74 Å². The second-order valence-corrected chi connectivity index (χ2v) is 6.37. The first kappa shape index (κ1) is 13.6. The van der Waals surface area contributed by atoms with Crippen LogP contribution in [-0.2, 0) is 19.3 Å². The van der Waals surface area contributed by atoms with Crippen LogP contribution in [0.2, 0.25) is 0 Å². The van der Waals surface area contributed by atoms with E-state index in [9.17, 15) is 0 Å². The molecule has 1 aromatic carbocycles. The van der Waals surface area contributed by atoms with Crippen molar-refractivity contribution in [3.05, 3.63) is 45.4 Å². The molecule has 0 saturated carbocycles. The van der Waals surface area contributed by atoms with Crippen LogP contribution in [-0.4, -0.2) is 17.6 Å². The molecule has 2 aromatic rings. The Kier molecular flexibility index (Phi) is 4.03. The molecule has 1 aromatic heterocycles. The van der Waals surface area contributed by atoms with E-state index in [0.29, 0.717) is 0 Å². The van der Waals surface area contributed by atoms with E-state index in [2.05, 4.69) is 28.6 Å². The minimum Gasteiger partial charge on any atom is -0.493 e. The van der Waals surface area contributed by atoms with Gasteiger partial charge < -0.3 is 10.5 Å². The molecule has 2 N–H and O–H groups in total. The molecule has 1 aliphatic rings. The molecule has 3 nitrogen and oxygen atoms in total. The zero-order chi connectivity index (χ0) is 13.9. The lowest BCUT2D eigenvalue weighted by Gasteiger charge is -2.10. The Labute approximate surface area is 123 Å². The van der Waals surface area contributed by atoms with E-state index in [0.717, 1.165) is 48.7 Å². The Morgan fingerprint density at radius 3 is 3.15 bits per heavy atom. The summed E-state index contributed by atoms with van der Waals surface area (Å²) < 4.78 is 5.53. The van der Waals surface area contributed by atoms with Gasteiger partial charge in [-0.1, -0.05) is 12.1 Å². The molecule has 0 saturated heterocycles. The molecule has 0 aliphatic carbocycles. The lowest BCUT2D eigenvalue weighted by atomic mass is 10.0. The van der Waals surface area contributed by atoms with Crippen molar-refractivity contribution in [3.63, 3.8) is 0 Å². The lowest BCUT2D eigenvalue weighted by Crippen LogP contribution is -2.23. The normalized spacial score (nSPS) is 14.9. The largest absolute Gasteiger partial charge is 0.493 e. The summed E-state index contributed by atoms with van der Waals surface area (Å²) in [6.07, 6.45) is 3.94. The summed E-state index contributed by atoms with van der Waals surface area (Å²) in [5.41, 5.74) is 10.0. The van der Waals surface area contributed by atoms with Gasteiger partial charge in [-0.05, 0) is 37.0 Å². The molecule has 2 heterocycles. The maximum atomic E-state index is 6.22. The van der Waals surface area contributed by atoms with Gasteiger partial charge in [-0.3, -0.25) is 0 Å². The fraction of sp³-hybridized carbons (Fsp3) is 0.438. The number of nitrogens with two attached hydrogens (primary N) is 1. The van der Waals surface area contributed by atoms with Crippen molar-refractivity contribution >= 4 is 11.3 Å². The molecule has 1 unspecified atom stereocenters. The van der Waals surface area contributed by atoms with Crippen molar-refractivity contribution in [2.45, 2.75) is 38.6 Å². The van der Waals surface area contributed by atoms with Gasteiger partial charge in [0, 0.05) is 30.0 Å². The first-order valence-corrected chi connectivity index (χ1v) is 8.00. The predicted molar refractivity (Wildman–Crippen MR) is 82.5 cm³/mol. The Morgan fingerprint density at radius 2 is 2.35 bits per heavy atom. The summed E-state index contributed by atoms with van der Waals surface area (Å²) >= 11 is 1.71. The van der Waals surface area contributed by atoms with Crippen molar-refractivity contribution in [1.82, 2.24) is 4.98 Å². The lowest BCUT2D eigenvalue weighted by molar-refractivity contribution is 0.357. The van der Waals surface area contributed by atoms with E-state index < -0.39 is 0 Å². The number of rotatable bonds is 5. The number of hydrogen-bond donors (Lipinski definition) is 1. The molecule has 1 atom stereocenters. The smallest absolute Gasteiger partial charge is 0.122 e. The SMILES string of the molecule is Cc1csc(CC(N)CCc2ccc3c(c2)CCO3)n1. The van der Waals surface area contributed by atoms with Crippen LogP contribution in [0, 0.1) is 6.92 Å². The number of fused-ring (bicyclic) bond motifs is 1. The number of thiazole rings is 1. The Morgan fingerprint density at radius 1 is 1.45 bits per heavy atom. The molecular formula is C16H20N2OS. The van der Waals surface area contributed by atoms with E-state index in [-0.39, 0.29) is 6.04 Å². The number of ether oxygens (including phenoxy) is 1. The van der Waals surface area contributed by atoms with E-state index in [1.807, 2.05) is 6.92 Å². The molecule has 0 radical (unpaired) electrons. The second-order valence-electron chi connectivity index (χ2n) is 5.43. The molecule has 0 bridgehead atoms. The van der Waals surface area contributed by atoms with Gasteiger partial charge >= 0.3 is 0 Å². The standard InChI is InChI=1S/C16H20N2OS/c1-11-10-20-16(18-11)9-14(17)4-2-12-3-5-15-13(8-12)6-7-19-15/h3,5,8,10,14H,2,4,6-7,9,17H2,1H3. The van der Waals surface area contributed by atoms with Crippen LogP contribution >= 0.6 is 11.3 Å². The Bertz CT molecular complexity index is 594. The van der Waals surface area contributed by atoms with Crippen molar-refractivity contribution in [2.75, 3.05) is 6.61 Å². The summed E-state index contributed by atoms with van der Waals surface area (Å²) in [6.45, 7) is 2.85.